The summed E-state index contributed by atoms with van der Waals surface area (Å²) >= 11 is 12.0. The van der Waals surface area contributed by atoms with E-state index in [1.165, 1.54) is 4.90 Å². The van der Waals surface area contributed by atoms with Crippen LogP contribution in [-0.2, 0) is 16.9 Å². The van der Waals surface area contributed by atoms with Crippen LogP contribution in [0.4, 0.5) is 5.69 Å². The van der Waals surface area contributed by atoms with Crippen LogP contribution in [0.2, 0.25) is 10.0 Å². The zero-order chi connectivity index (χ0) is 20.6. The van der Waals surface area contributed by atoms with E-state index in [4.69, 9.17) is 23.2 Å². The molecule has 3 aromatic rings. The molecule has 0 aromatic heterocycles. The summed E-state index contributed by atoms with van der Waals surface area (Å²) in [5, 5.41) is 12.3. The molecule has 1 amide bonds. The molecule has 29 heavy (non-hydrogen) atoms. The molecule has 0 saturated carbocycles. The maximum atomic E-state index is 13.3. The lowest BCUT2D eigenvalue weighted by Crippen LogP contribution is -2.41. The van der Waals surface area contributed by atoms with Gasteiger partial charge in [-0.2, -0.15) is 0 Å². The Balaban J connectivity index is 1.71. The first-order valence-electron chi connectivity index (χ1n) is 9.05. The van der Waals surface area contributed by atoms with Crippen molar-refractivity contribution in [2.24, 2.45) is 0 Å². The Bertz CT molecular complexity index is 1080. The number of aliphatic hydroxyl groups is 1. The van der Waals surface area contributed by atoms with Crippen molar-refractivity contribution >= 4 is 40.6 Å². The Hall–Kier alpha value is -2.66. The normalized spacial score (nSPS) is 18.0. The van der Waals surface area contributed by atoms with Crippen molar-refractivity contribution in [2.75, 3.05) is 4.90 Å². The maximum absolute atomic E-state index is 13.3. The topological polar surface area (TPSA) is 57.6 Å². The second kappa shape index (κ2) is 7.64. The van der Waals surface area contributed by atoms with E-state index in [0.717, 1.165) is 5.56 Å². The Labute approximate surface area is 178 Å². The number of benzene rings is 3. The molecule has 0 radical (unpaired) electrons. The Morgan fingerprint density at radius 1 is 0.931 bits per heavy atom. The van der Waals surface area contributed by atoms with Crippen molar-refractivity contribution in [3.8, 4) is 0 Å². The first kappa shape index (κ1) is 19.6. The smallest absolute Gasteiger partial charge is 0.264 e. The molecule has 0 fully saturated rings. The van der Waals surface area contributed by atoms with E-state index < -0.39 is 11.5 Å². The predicted octanol–water partition coefficient (Wildman–Crippen LogP) is 5.00. The summed E-state index contributed by atoms with van der Waals surface area (Å²) in [6.07, 6.45) is -0.383. The quantitative estimate of drug-likeness (QED) is 0.585. The fraction of sp³-hybridized carbons (Fsp3) is 0.130. The summed E-state index contributed by atoms with van der Waals surface area (Å²) in [7, 11) is 0. The van der Waals surface area contributed by atoms with E-state index >= 15 is 0 Å². The van der Waals surface area contributed by atoms with Gasteiger partial charge in [0.15, 0.2) is 11.4 Å². The number of fused-ring (bicyclic) bond motifs is 1. The molecule has 1 aliphatic rings. The van der Waals surface area contributed by atoms with Crippen LogP contribution in [0.3, 0.4) is 0 Å². The Kier molecular flexibility index (Phi) is 5.17. The number of nitrogens with zero attached hydrogens (tertiary/aromatic N) is 1. The van der Waals surface area contributed by atoms with Crippen LogP contribution >= 0.6 is 23.2 Å². The van der Waals surface area contributed by atoms with Gasteiger partial charge < -0.3 is 10.0 Å². The van der Waals surface area contributed by atoms with Crippen LogP contribution in [-0.4, -0.2) is 16.8 Å². The van der Waals surface area contributed by atoms with Gasteiger partial charge in [-0.05, 0) is 48.0 Å². The zero-order valence-electron chi connectivity index (χ0n) is 15.3. The lowest BCUT2D eigenvalue weighted by molar-refractivity contribution is -0.136. The van der Waals surface area contributed by atoms with Crippen molar-refractivity contribution in [1.82, 2.24) is 0 Å². The van der Waals surface area contributed by atoms with Crippen molar-refractivity contribution in [3.05, 3.63) is 99.5 Å². The van der Waals surface area contributed by atoms with Gasteiger partial charge in [0.1, 0.15) is 0 Å². The van der Waals surface area contributed by atoms with Crippen molar-refractivity contribution in [1.29, 1.82) is 0 Å². The molecule has 0 unspecified atom stereocenters. The second-order valence-electron chi connectivity index (χ2n) is 7.01. The molecule has 3 aromatic carbocycles. The molecule has 4 nitrogen and oxygen atoms in total. The van der Waals surface area contributed by atoms with Gasteiger partial charge in [-0.15, -0.1) is 0 Å². The summed E-state index contributed by atoms with van der Waals surface area (Å²) in [5.41, 5.74) is 0.199. The number of Topliss-reactive ketones (excluding diaryl/α,β-unsaturated/α-hetero) is 1. The van der Waals surface area contributed by atoms with Crippen LogP contribution in [0, 0.1) is 0 Å². The van der Waals surface area contributed by atoms with Gasteiger partial charge in [-0.3, -0.25) is 9.59 Å². The maximum Gasteiger partial charge on any atom is 0.264 e. The lowest BCUT2D eigenvalue weighted by Gasteiger charge is -2.23. The van der Waals surface area contributed by atoms with Gasteiger partial charge in [0.2, 0.25) is 0 Å². The second-order valence-corrected chi connectivity index (χ2v) is 7.88. The van der Waals surface area contributed by atoms with Gasteiger partial charge in [-0.1, -0.05) is 53.5 Å². The highest BCUT2D eigenvalue weighted by Gasteiger charge is 2.51. The van der Waals surface area contributed by atoms with Crippen molar-refractivity contribution in [3.63, 3.8) is 0 Å². The molecular weight excluding hydrogens is 409 g/mol. The number of anilines is 1. The third kappa shape index (κ3) is 3.67. The number of rotatable bonds is 5. The summed E-state index contributed by atoms with van der Waals surface area (Å²) < 4.78 is 0. The van der Waals surface area contributed by atoms with E-state index in [-0.39, 0.29) is 18.7 Å². The molecule has 0 saturated heterocycles. The number of amides is 1. The van der Waals surface area contributed by atoms with Gasteiger partial charge >= 0.3 is 0 Å². The molecule has 1 atom stereocenters. The molecule has 0 aliphatic carbocycles. The fourth-order valence-electron chi connectivity index (χ4n) is 3.59. The average Bonchev–Trinajstić information content (AvgIpc) is 2.91. The van der Waals surface area contributed by atoms with Gasteiger partial charge in [0.05, 0.1) is 18.7 Å². The highest BCUT2D eigenvalue weighted by atomic mass is 35.5. The third-order valence-electron chi connectivity index (χ3n) is 5.06. The number of carbonyl (C=O) groups is 2. The summed E-state index contributed by atoms with van der Waals surface area (Å²) in [5.74, 6) is -0.897. The third-order valence-corrected chi connectivity index (χ3v) is 5.55. The lowest BCUT2D eigenvalue weighted by atomic mass is 9.88. The molecule has 1 heterocycles. The molecule has 1 N–H and O–H groups in total. The van der Waals surface area contributed by atoms with E-state index in [9.17, 15) is 14.7 Å². The van der Waals surface area contributed by atoms with Crippen LogP contribution in [0.15, 0.2) is 72.8 Å². The van der Waals surface area contributed by atoms with Gasteiger partial charge in [0.25, 0.3) is 5.91 Å². The molecule has 0 bridgehead atoms. The average molecular weight is 426 g/mol. The van der Waals surface area contributed by atoms with Crippen LogP contribution < -0.4 is 4.90 Å². The monoisotopic (exact) mass is 425 g/mol. The first-order chi connectivity index (χ1) is 13.9. The fourth-order valence-corrected chi connectivity index (χ4v) is 3.88. The largest absolute Gasteiger partial charge is 0.375 e. The number of carbonyl (C=O) groups excluding carboxylic acids is 2. The Morgan fingerprint density at radius 2 is 1.59 bits per heavy atom. The highest BCUT2D eigenvalue weighted by molar-refractivity contribution is 6.31. The van der Waals surface area contributed by atoms with Crippen LogP contribution in [0.1, 0.15) is 27.9 Å². The molecule has 1 aliphatic heterocycles. The van der Waals surface area contributed by atoms with Crippen LogP contribution in [0.25, 0.3) is 0 Å². The first-order valence-corrected chi connectivity index (χ1v) is 9.81. The molecule has 4 rings (SSSR count). The molecular formula is C23H17Cl2NO3. The van der Waals surface area contributed by atoms with Crippen molar-refractivity contribution in [2.45, 2.75) is 18.6 Å². The zero-order valence-corrected chi connectivity index (χ0v) is 16.8. The molecule has 6 heteroatoms. The SMILES string of the molecule is O=C(C[C@]1(O)C(=O)N(Cc2ccccc2)c2ccc(Cl)cc21)c1ccc(Cl)cc1. The minimum Gasteiger partial charge on any atom is -0.375 e. The Morgan fingerprint density at radius 3 is 2.28 bits per heavy atom. The van der Waals surface area contributed by atoms with E-state index in [1.807, 2.05) is 30.3 Å². The summed E-state index contributed by atoms with van der Waals surface area (Å²) in [6, 6.07) is 20.7. The number of ketones is 1. The van der Waals surface area contributed by atoms with E-state index in [2.05, 4.69) is 0 Å². The van der Waals surface area contributed by atoms with Gasteiger partial charge in [0, 0.05) is 21.2 Å². The van der Waals surface area contributed by atoms with Crippen molar-refractivity contribution < 1.29 is 14.7 Å². The van der Waals surface area contributed by atoms with Gasteiger partial charge in [-0.25, -0.2) is 0 Å². The standard InChI is InChI=1S/C23H17Cl2NO3/c24-17-8-6-16(7-9-17)21(27)13-23(29)19-12-18(25)10-11-20(19)26(22(23)28)14-15-4-2-1-3-5-15/h1-12,29H,13-14H2/t23-/m1/s1. The minimum atomic E-state index is -1.98. The summed E-state index contributed by atoms with van der Waals surface area (Å²) in [4.78, 5) is 27.6. The van der Waals surface area contributed by atoms with E-state index in [0.29, 0.717) is 26.9 Å². The highest BCUT2D eigenvalue weighted by Crippen LogP contribution is 2.44. The van der Waals surface area contributed by atoms with Crippen LogP contribution in [0.5, 0.6) is 0 Å². The minimum absolute atomic E-state index is 0.283. The summed E-state index contributed by atoms with van der Waals surface area (Å²) in [6.45, 7) is 0.283. The molecule has 146 valence electrons. The number of halogens is 2. The number of hydrogen-bond acceptors (Lipinski definition) is 3. The number of hydrogen-bond donors (Lipinski definition) is 1. The molecule has 0 spiro atoms. The van der Waals surface area contributed by atoms with E-state index in [1.54, 1.807) is 42.5 Å². The predicted molar refractivity (Wildman–Crippen MR) is 113 cm³/mol.